The van der Waals surface area contributed by atoms with Crippen molar-refractivity contribution in [1.29, 1.82) is 0 Å². The molecule has 154 valence electrons. The maximum atomic E-state index is 12.9. The molecule has 0 bridgehead atoms. The highest BCUT2D eigenvalue weighted by molar-refractivity contribution is 7.92. The Bertz CT molecular complexity index is 1160. The lowest BCUT2D eigenvalue weighted by molar-refractivity contribution is 0.282. The molecule has 3 N–H and O–H groups in total. The molecule has 0 saturated carbocycles. The first-order valence-electron chi connectivity index (χ1n) is 8.98. The maximum Gasteiger partial charge on any atom is 0.258 e. The molecule has 1 fully saturated rings. The van der Waals surface area contributed by atoms with Crippen LogP contribution in [0.15, 0.2) is 40.8 Å². The summed E-state index contributed by atoms with van der Waals surface area (Å²) in [6.07, 6.45) is -0.735. The fourth-order valence-electron chi connectivity index (χ4n) is 3.32. The predicted molar refractivity (Wildman–Crippen MR) is 114 cm³/mol. The Kier molecular flexibility index (Phi) is 4.86. The second kappa shape index (κ2) is 6.88. The van der Waals surface area contributed by atoms with E-state index in [0.717, 1.165) is 5.56 Å². The Morgan fingerprint density at radius 2 is 1.86 bits per heavy atom. The number of hydrogen-bond acceptors (Lipinski definition) is 8. The average molecular weight is 453 g/mol. The number of nitrogens with one attached hydrogen (secondary N) is 1. The Labute approximate surface area is 178 Å². The molecule has 29 heavy (non-hydrogen) atoms. The van der Waals surface area contributed by atoms with Gasteiger partial charge >= 0.3 is 0 Å². The number of thiophene rings is 1. The van der Waals surface area contributed by atoms with Gasteiger partial charge in [0.1, 0.15) is 0 Å². The topological polar surface area (TPSA) is 111 Å². The fraction of sp³-hybridized carbons (Fsp3) is 0.368. The van der Waals surface area contributed by atoms with Gasteiger partial charge in [0.25, 0.3) is 5.89 Å². The molecule has 1 aromatic carbocycles. The number of hydrogen-bond donors (Lipinski definition) is 2. The van der Waals surface area contributed by atoms with Crippen LogP contribution in [0.25, 0.3) is 22.2 Å². The highest BCUT2D eigenvalue weighted by Gasteiger charge is 2.52. The Balaban J connectivity index is 1.70. The lowest BCUT2D eigenvalue weighted by atomic mass is 9.99. The predicted octanol–water partition coefficient (Wildman–Crippen LogP) is 3.42. The Hall–Kier alpha value is -1.78. The van der Waals surface area contributed by atoms with E-state index in [0.29, 0.717) is 26.6 Å². The number of benzene rings is 1. The van der Waals surface area contributed by atoms with Crippen molar-refractivity contribution in [2.45, 2.75) is 37.2 Å². The van der Waals surface area contributed by atoms with Crippen molar-refractivity contribution in [3.63, 3.8) is 0 Å². The molecule has 2 atom stereocenters. The van der Waals surface area contributed by atoms with Crippen LogP contribution in [0.1, 0.15) is 25.6 Å². The van der Waals surface area contributed by atoms with Crippen LogP contribution in [0.2, 0.25) is 5.02 Å². The quantitative estimate of drug-likeness (QED) is 0.626. The van der Waals surface area contributed by atoms with Gasteiger partial charge in [0.15, 0.2) is 9.84 Å². The third-order valence-corrected chi connectivity index (χ3v) is 9.96. The molecular weight excluding hydrogens is 432 g/mol. The van der Waals surface area contributed by atoms with Gasteiger partial charge < -0.3 is 10.2 Å². The second-order valence-corrected chi connectivity index (χ2v) is 11.9. The number of sulfone groups is 1. The van der Waals surface area contributed by atoms with Crippen molar-refractivity contribution in [2.75, 3.05) is 5.75 Å². The van der Waals surface area contributed by atoms with Crippen LogP contribution in [0.4, 0.5) is 0 Å². The minimum Gasteiger partial charge on any atom is -0.415 e. The normalized spacial score (nSPS) is 25.8. The Morgan fingerprint density at radius 1 is 1.21 bits per heavy atom. The molecule has 1 unspecified atom stereocenters. The maximum absolute atomic E-state index is 12.9. The molecule has 0 aliphatic carbocycles. The van der Waals surface area contributed by atoms with Crippen LogP contribution in [-0.2, 0) is 15.4 Å². The first kappa shape index (κ1) is 20.5. The summed E-state index contributed by atoms with van der Waals surface area (Å²) in [5.74, 6) is 0.619. The van der Waals surface area contributed by atoms with Crippen LogP contribution >= 0.6 is 22.9 Å². The summed E-state index contributed by atoms with van der Waals surface area (Å²) in [6.45, 7) is 5.06. The number of nitrogens with two attached hydrogens (primary N) is 1. The zero-order chi connectivity index (χ0) is 21.0. The van der Waals surface area contributed by atoms with E-state index in [1.807, 2.05) is 30.3 Å². The lowest BCUT2D eigenvalue weighted by Gasteiger charge is -2.46. The zero-order valence-corrected chi connectivity index (χ0v) is 18.5. The highest BCUT2D eigenvalue weighted by Crippen LogP contribution is 2.44. The van der Waals surface area contributed by atoms with E-state index in [2.05, 4.69) is 15.5 Å². The molecule has 2 aromatic heterocycles. The fourth-order valence-corrected chi connectivity index (χ4v) is 6.79. The summed E-state index contributed by atoms with van der Waals surface area (Å²) < 4.78 is 30.4. The van der Waals surface area contributed by atoms with E-state index in [1.165, 1.54) is 11.3 Å². The van der Waals surface area contributed by atoms with Gasteiger partial charge in [-0.3, -0.25) is 5.32 Å². The summed E-state index contributed by atoms with van der Waals surface area (Å²) >= 11 is 7.82. The van der Waals surface area contributed by atoms with E-state index in [1.54, 1.807) is 26.8 Å². The zero-order valence-electron chi connectivity index (χ0n) is 16.1. The molecule has 10 heteroatoms. The molecule has 0 spiro atoms. The summed E-state index contributed by atoms with van der Waals surface area (Å²) in [4.78, 5) is 1.33. The number of nitrogens with zero attached hydrogens (tertiary/aromatic N) is 2. The van der Waals surface area contributed by atoms with Gasteiger partial charge in [-0.2, -0.15) is 0 Å². The second-order valence-electron chi connectivity index (χ2n) is 7.88. The molecule has 3 heterocycles. The van der Waals surface area contributed by atoms with Gasteiger partial charge in [-0.15, -0.1) is 21.5 Å². The van der Waals surface area contributed by atoms with Crippen LogP contribution in [0.5, 0.6) is 0 Å². The van der Waals surface area contributed by atoms with Gasteiger partial charge in [-0.05, 0) is 39.0 Å². The van der Waals surface area contributed by atoms with Crippen molar-refractivity contribution in [1.82, 2.24) is 15.5 Å². The van der Waals surface area contributed by atoms with E-state index in [-0.39, 0.29) is 5.75 Å². The molecular formula is C19H21ClN4O3S2. The minimum absolute atomic E-state index is 0.112. The first-order chi connectivity index (χ1) is 13.5. The molecule has 3 aromatic rings. The summed E-state index contributed by atoms with van der Waals surface area (Å²) in [5, 5.41) is 11.9. The first-order valence-corrected chi connectivity index (χ1v) is 11.8. The minimum atomic E-state index is -3.46. The summed E-state index contributed by atoms with van der Waals surface area (Å²) in [5.41, 5.74) is 6.06. The van der Waals surface area contributed by atoms with Crippen molar-refractivity contribution in [3.05, 3.63) is 46.3 Å². The summed E-state index contributed by atoms with van der Waals surface area (Å²) in [7, 11) is -3.46. The molecule has 1 aliphatic heterocycles. The summed E-state index contributed by atoms with van der Waals surface area (Å²) in [6, 6.07) is 11.2. The monoisotopic (exact) mass is 452 g/mol. The largest absolute Gasteiger partial charge is 0.415 e. The molecule has 0 radical (unpaired) electrons. The van der Waals surface area contributed by atoms with Gasteiger partial charge in [0, 0.05) is 10.4 Å². The van der Waals surface area contributed by atoms with Crippen LogP contribution in [-0.4, -0.2) is 35.3 Å². The molecule has 4 rings (SSSR count). The third-order valence-electron chi connectivity index (χ3n) is 5.35. The van der Waals surface area contributed by atoms with Crippen LogP contribution in [0.3, 0.4) is 0 Å². The van der Waals surface area contributed by atoms with Crippen molar-refractivity contribution >= 4 is 32.8 Å². The molecule has 1 saturated heterocycles. The smallest absolute Gasteiger partial charge is 0.258 e. The van der Waals surface area contributed by atoms with Crippen molar-refractivity contribution in [3.8, 4) is 22.2 Å². The highest BCUT2D eigenvalue weighted by atomic mass is 35.5. The van der Waals surface area contributed by atoms with E-state index < -0.39 is 26.3 Å². The van der Waals surface area contributed by atoms with Gasteiger partial charge in [0.2, 0.25) is 5.89 Å². The van der Waals surface area contributed by atoms with Crippen LogP contribution in [0, 0.1) is 0 Å². The lowest BCUT2D eigenvalue weighted by Crippen LogP contribution is -2.69. The van der Waals surface area contributed by atoms with E-state index in [4.69, 9.17) is 21.8 Å². The number of aromatic nitrogens is 2. The average Bonchev–Trinajstić information content (AvgIpc) is 3.28. The number of rotatable bonds is 3. The molecule has 0 amide bonds. The van der Waals surface area contributed by atoms with Crippen LogP contribution < -0.4 is 11.1 Å². The van der Waals surface area contributed by atoms with Gasteiger partial charge in [-0.1, -0.05) is 29.8 Å². The SMILES string of the molecule is CC1(C)C(N)N[C@](C)(c2sc(-c3nnc(-c4ccccc4)o3)cc2Cl)CS1(=O)=O. The van der Waals surface area contributed by atoms with Gasteiger partial charge in [-0.25, -0.2) is 8.42 Å². The van der Waals surface area contributed by atoms with Crippen molar-refractivity contribution in [2.24, 2.45) is 5.73 Å². The third kappa shape index (κ3) is 3.40. The number of halogens is 1. The Morgan fingerprint density at radius 3 is 2.52 bits per heavy atom. The van der Waals surface area contributed by atoms with Gasteiger partial charge in [0.05, 0.1) is 32.1 Å². The standard InChI is InChI=1S/C19H21ClN4O3S2/c1-18(2)17(21)22-19(3,10-29(18,25)26)14-12(20)9-13(28-14)16-24-23-15(27-16)11-7-5-4-6-8-11/h4-9,17,22H,10,21H2,1-3H3/t17?,19-/m0/s1. The molecule has 1 aliphatic rings. The van der Waals surface area contributed by atoms with E-state index in [9.17, 15) is 8.42 Å². The molecule has 7 nitrogen and oxygen atoms in total. The van der Waals surface area contributed by atoms with Crippen molar-refractivity contribution < 1.29 is 12.8 Å². The van der Waals surface area contributed by atoms with E-state index >= 15 is 0 Å².